The average Bonchev–Trinajstić information content (AvgIpc) is 2.62. The average molecular weight is 618 g/mol. The highest BCUT2D eigenvalue weighted by Crippen LogP contribution is 2.59. The maximum atomic E-state index is 13.9. The van der Waals surface area contributed by atoms with Gasteiger partial charge in [0.05, 0.1) is 0 Å². The quantitative estimate of drug-likeness (QED) is 0.253. The molecule has 224 valence electrons. The van der Waals surface area contributed by atoms with Gasteiger partial charge in [-0.2, -0.15) is 96.6 Å². The number of rotatable bonds is 8. The van der Waals surface area contributed by atoms with Gasteiger partial charge < -0.3 is 0 Å². The van der Waals surface area contributed by atoms with Crippen molar-refractivity contribution in [1.82, 2.24) is 0 Å². The standard InChI is InChI=1S/C12H2F24O/c13-1(3(15,16)7(21,22)11(31,32)33)5(19,9(25,26)27)37-6(20,10(28,29)30)2(14)4(17,18)8(23,24)12(34,35)36/h1-2H. The molecule has 0 spiro atoms. The topological polar surface area (TPSA) is 9.23 Å². The van der Waals surface area contributed by atoms with Crippen molar-refractivity contribution in [3.8, 4) is 0 Å². The van der Waals surface area contributed by atoms with Gasteiger partial charge in [-0.1, -0.05) is 0 Å². The Labute approximate surface area is 184 Å². The molecular formula is C12H2F24O. The van der Waals surface area contributed by atoms with E-state index in [1.807, 2.05) is 0 Å². The summed E-state index contributed by atoms with van der Waals surface area (Å²) in [6, 6.07) is 0. The first-order valence-corrected chi connectivity index (χ1v) is 7.66. The first kappa shape index (κ1) is 35.3. The molecule has 0 aliphatic carbocycles. The fraction of sp³-hybridized carbons (Fsp3) is 1.00. The van der Waals surface area contributed by atoms with Crippen molar-refractivity contribution >= 4 is 0 Å². The predicted molar refractivity (Wildman–Crippen MR) is 62.6 cm³/mol. The van der Waals surface area contributed by atoms with E-state index in [1.165, 1.54) is 4.74 Å². The Hall–Kier alpha value is -1.72. The summed E-state index contributed by atoms with van der Waals surface area (Å²) in [7, 11) is 0. The molecule has 4 unspecified atom stereocenters. The number of ether oxygens (including phenoxy) is 1. The SMILES string of the molecule is FC(C(F)(F)C(F)(F)C(F)(F)F)C(F)(OC(F)(C(F)C(F)(F)C(F)(F)C(F)(F)F)C(F)(F)F)C(F)(F)F. The molecule has 0 fully saturated rings. The van der Waals surface area contributed by atoms with Gasteiger partial charge in [0.25, 0.3) is 0 Å². The molecule has 0 saturated carbocycles. The van der Waals surface area contributed by atoms with Gasteiger partial charge in [-0.3, -0.25) is 4.74 Å². The van der Waals surface area contributed by atoms with Crippen LogP contribution in [0, 0.1) is 0 Å². The van der Waals surface area contributed by atoms with E-state index in [9.17, 15) is 105 Å². The van der Waals surface area contributed by atoms with E-state index in [4.69, 9.17) is 0 Å². The second-order valence-corrected chi connectivity index (χ2v) is 6.50. The zero-order valence-corrected chi connectivity index (χ0v) is 15.6. The molecule has 0 saturated heterocycles. The van der Waals surface area contributed by atoms with Crippen LogP contribution in [-0.4, -0.2) is 72.4 Å². The minimum atomic E-state index is -8.44. The summed E-state index contributed by atoms with van der Waals surface area (Å²) in [6.45, 7) is 0. The van der Waals surface area contributed by atoms with Crippen LogP contribution in [0.1, 0.15) is 0 Å². The van der Waals surface area contributed by atoms with E-state index >= 15 is 0 Å². The van der Waals surface area contributed by atoms with Gasteiger partial charge in [-0.05, 0) is 0 Å². The second kappa shape index (κ2) is 8.91. The molecule has 0 aliphatic heterocycles. The molecule has 0 N–H and O–H groups in total. The first-order valence-electron chi connectivity index (χ1n) is 7.66. The molecule has 0 aliphatic rings. The van der Waals surface area contributed by atoms with Gasteiger partial charge in [0.1, 0.15) is 0 Å². The molecule has 0 amide bonds. The van der Waals surface area contributed by atoms with Crippen molar-refractivity contribution in [3.63, 3.8) is 0 Å². The maximum Gasteiger partial charge on any atom is 0.459 e. The van der Waals surface area contributed by atoms with E-state index in [2.05, 4.69) is 0 Å². The van der Waals surface area contributed by atoms with Gasteiger partial charge >= 0.3 is 60.1 Å². The van der Waals surface area contributed by atoms with Crippen LogP contribution in [0.15, 0.2) is 0 Å². The molecule has 0 bridgehead atoms. The molecule has 0 radical (unpaired) electrons. The van der Waals surface area contributed by atoms with Crippen molar-refractivity contribution < 1.29 is 110 Å². The normalized spacial score (nSPS) is 20.8. The minimum absolute atomic E-state index is 1.17. The molecule has 0 aromatic carbocycles. The van der Waals surface area contributed by atoms with E-state index in [0.717, 1.165) is 0 Å². The van der Waals surface area contributed by atoms with Gasteiger partial charge in [0, 0.05) is 0 Å². The summed E-state index contributed by atoms with van der Waals surface area (Å²) in [4.78, 5) is 0. The van der Waals surface area contributed by atoms with E-state index in [0.29, 0.717) is 0 Å². The van der Waals surface area contributed by atoms with E-state index < -0.39 is 72.4 Å². The largest absolute Gasteiger partial charge is 0.459 e. The van der Waals surface area contributed by atoms with Crippen molar-refractivity contribution in [1.29, 1.82) is 0 Å². The summed E-state index contributed by atoms with van der Waals surface area (Å²) in [5.41, 5.74) is 0. The molecule has 0 rings (SSSR count). The smallest absolute Gasteiger partial charge is 0.289 e. The van der Waals surface area contributed by atoms with Crippen LogP contribution >= 0.6 is 0 Å². The van der Waals surface area contributed by atoms with Crippen LogP contribution in [0.4, 0.5) is 105 Å². The van der Waals surface area contributed by atoms with Gasteiger partial charge in [-0.25, -0.2) is 8.78 Å². The van der Waals surface area contributed by atoms with Crippen LogP contribution in [0.5, 0.6) is 0 Å². The van der Waals surface area contributed by atoms with Crippen LogP contribution in [0.25, 0.3) is 0 Å². The molecule has 0 heterocycles. The van der Waals surface area contributed by atoms with Gasteiger partial charge in [0.15, 0.2) is 0 Å². The summed E-state index contributed by atoms with van der Waals surface area (Å²) in [5, 5.41) is 0. The minimum Gasteiger partial charge on any atom is -0.289 e. The molecule has 25 heteroatoms. The summed E-state index contributed by atoms with van der Waals surface area (Å²) >= 11 is 0. The third-order valence-corrected chi connectivity index (χ3v) is 3.91. The summed E-state index contributed by atoms with van der Waals surface area (Å²) < 4.78 is 308. The molecule has 1 nitrogen and oxygen atoms in total. The molecular weight excluding hydrogens is 616 g/mol. The zero-order chi connectivity index (χ0) is 30.9. The Kier molecular flexibility index (Phi) is 8.50. The third-order valence-electron chi connectivity index (χ3n) is 3.91. The lowest BCUT2D eigenvalue weighted by Crippen LogP contribution is -2.72. The fourth-order valence-electron chi connectivity index (χ4n) is 1.89. The van der Waals surface area contributed by atoms with E-state index in [1.54, 1.807) is 0 Å². The number of hydrogen-bond acceptors (Lipinski definition) is 1. The Bertz CT molecular complexity index is 733. The lowest BCUT2D eigenvalue weighted by Gasteiger charge is -2.43. The van der Waals surface area contributed by atoms with Crippen molar-refractivity contribution in [3.05, 3.63) is 0 Å². The lowest BCUT2D eigenvalue weighted by atomic mass is 9.96. The Balaban J connectivity index is 7.28. The Morgan fingerprint density at radius 2 is 0.514 bits per heavy atom. The molecule has 0 aromatic heterocycles. The van der Waals surface area contributed by atoms with Crippen molar-refractivity contribution in [2.45, 2.75) is 72.4 Å². The monoisotopic (exact) mass is 618 g/mol. The highest BCUT2D eigenvalue weighted by Gasteiger charge is 2.88. The summed E-state index contributed by atoms with van der Waals surface area (Å²) in [6.07, 6.45) is -47.2. The number of halogens is 24. The lowest BCUT2D eigenvalue weighted by molar-refractivity contribution is -0.488. The maximum absolute atomic E-state index is 13.9. The van der Waals surface area contributed by atoms with Crippen LogP contribution in [0.3, 0.4) is 0 Å². The van der Waals surface area contributed by atoms with Crippen LogP contribution in [-0.2, 0) is 4.74 Å². The van der Waals surface area contributed by atoms with Crippen molar-refractivity contribution in [2.75, 3.05) is 0 Å². The molecule has 4 atom stereocenters. The molecule has 0 aromatic rings. The van der Waals surface area contributed by atoms with E-state index in [-0.39, 0.29) is 0 Å². The summed E-state index contributed by atoms with van der Waals surface area (Å²) in [5.74, 6) is -50.1. The molecule has 37 heavy (non-hydrogen) atoms. The highest BCUT2D eigenvalue weighted by atomic mass is 19.4. The zero-order valence-electron chi connectivity index (χ0n) is 15.6. The van der Waals surface area contributed by atoms with Gasteiger partial charge in [-0.15, -0.1) is 0 Å². The number of alkyl halides is 24. The number of hydrogen-bond donors (Lipinski definition) is 0. The van der Waals surface area contributed by atoms with Crippen molar-refractivity contribution in [2.24, 2.45) is 0 Å². The highest BCUT2D eigenvalue weighted by molar-refractivity contribution is 5.08. The van der Waals surface area contributed by atoms with Crippen LogP contribution in [0.2, 0.25) is 0 Å². The third kappa shape index (κ3) is 5.28. The Morgan fingerprint density at radius 3 is 0.649 bits per heavy atom. The second-order valence-electron chi connectivity index (χ2n) is 6.50. The van der Waals surface area contributed by atoms with Gasteiger partial charge in [0.2, 0.25) is 12.3 Å². The Morgan fingerprint density at radius 1 is 0.324 bits per heavy atom. The fourth-order valence-corrected chi connectivity index (χ4v) is 1.89. The predicted octanol–water partition coefficient (Wildman–Crippen LogP) is 7.80. The first-order chi connectivity index (χ1) is 15.5. The van der Waals surface area contributed by atoms with Crippen LogP contribution < -0.4 is 0 Å².